The third kappa shape index (κ3) is 1.70. The molecular weight excluding hydrogens is 318 g/mol. The summed E-state index contributed by atoms with van der Waals surface area (Å²) in [6.07, 6.45) is 0. The Morgan fingerprint density at radius 3 is 2.73 bits per heavy atom. The Balaban J connectivity index is 2.41. The predicted octanol–water partition coefficient (Wildman–Crippen LogP) is 4.02. The molecule has 1 heterocycles. The topological polar surface area (TPSA) is 83.0 Å². The van der Waals surface area contributed by atoms with E-state index in [1.54, 1.807) is 12.1 Å². The summed E-state index contributed by atoms with van der Waals surface area (Å²) < 4.78 is 1.64. The lowest BCUT2D eigenvalue weighted by Crippen LogP contribution is -2.03. The zero-order chi connectivity index (χ0) is 15.4. The van der Waals surface area contributed by atoms with E-state index in [0.717, 1.165) is 10.2 Å². The molecule has 0 fully saturated rings. The van der Waals surface area contributed by atoms with Crippen molar-refractivity contribution < 1.29 is 5.11 Å². The van der Waals surface area contributed by atoms with Crippen LogP contribution in [0.15, 0.2) is 36.4 Å². The van der Waals surface area contributed by atoms with Crippen LogP contribution in [0.5, 0.6) is 5.75 Å². The van der Waals surface area contributed by atoms with Crippen LogP contribution in [-0.4, -0.2) is 10.1 Å². The number of phenolic OH excluding ortho intramolecular Hbond substituents is 1. The second-order valence-electron chi connectivity index (χ2n) is 4.97. The molecule has 0 saturated carbocycles. The Labute approximate surface area is 133 Å². The minimum Gasteiger partial charge on any atom is -0.506 e. The molecule has 4 rings (SSSR count). The molecule has 108 valence electrons. The van der Waals surface area contributed by atoms with Gasteiger partial charge in [0.2, 0.25) is 0 Å². The Kier molecular flexibility index (Phi) is 2.76. The van der Waals surface area contributed by atoms with Crippen molar-refractivity contribution in [1.82, 2.24) is 4.98 Å². The van der Waals surface area contributed by atoms with Gasteiger partial charge in [0.25, 0.3) is 0 Å². The third-order valence-electron chi connectivity index (χ3n) is 3.64. The van der Waals surface area contributed by atoms with E-state index in [2.05, 4.69) is 4.98 Å². The minimum atomic E-state index is -0.116. The van der Waals surface area contributed by atoms with Crippen molar-refractivity contribution in [2.75, 3.05) is 5.73 Å². The highest BCUT2D eigenvalue weighted by Crippen LogP contribution is 2.43. The van der Waals surface area contributed by atoms with Crippen molar-refractivity contribution in [3.8, 4) is 5.75 Å². The molecule has 0 spiro atoms. The summed E-state index contributed by atoms with van der Waals surface area (Å²) in [5.41, 5.74) is 8.00. The lowest BCUT2D eigenvalue weighted by Gasteiger charge is -2.11. The van der Waals surface area contributed by atoms with Crippen molar-refractivity contribution in [3.63, 3.8) is 0 Å². The van der Waals surface area contributed by atoms with Crippen LogP contribution in [-0.2, 0) is 0 Å². The van der Waals surface area contributed by atoms with Crippen LogP contribution in [0.3, 0.4) is 0 Å². The molecule has 1 aromatic heterocycles. The number of nitrogens with one attached hydrogen (secondary N) is 1. The lowest BCUT2D eigenvalue weighted by molar-refractivity contribution is 0.482. The molecule has 0 unspecified atom stereocenters. The van der Waals surface area contributed by atoms with Crippen LogP contribution >= 0.6 is 22.9 Å². The highest BCUT2D eigenvalue weighted by molar-refractivity contribution is 7.25. The number of nitrogens with zero attached hydrogens (tertiary/aromatic N) is 1. The number of hydrogen-bond acceptors (Lipinski definition) is 5. The van der Waals surface area contributed by atoms with E-state index in [9.17, 15) is 5.11 Å². The first-order chi connectivity index (χ1) is 10.6. The fraction of sp³-hybridized carbons (Fsp3) is 0. The predicted molar refractivity (Wildman–Crippen MR) is 91.6 cm³/mol. The SMILES string of the molecule is N=c1ccc(N)c2c1c(O)c(Cl)c1sc3ccccc3nc12. The van der Waals surface area contributed by atoms with Gasteiger partial charge in [0.05, 0.1) is 31.2 Å². The first kappa shape index (κ1) is 13.3. The monoisotopic (exact) mass is 327 g/mol. The van der Waals surface area contributed by atoms with E-state index in [4.69, 9.17) is 22.7 Å². The maximum Gasteiger partial charge on any atom is 0.145 e. The minimum absolute atomic E-state index is 0.116. The summed E-state index contributed by atoms with van der Waals surface area (Å²) in [5, 5.41) is 19.7. The molecule has 0 aliphatic carbocycles. The van der Waals surface area contributed by atoms with Gasteiger partial charge >= 0.3 is 0 Å². The van der Waals surface area contributed by atoms with Crippen molar-refractivity contribution in [2.24, 2.45) is 0 Å². The third-order valence-corrected chi connectivity index (χ3v) is 5.29. The number of benzene rings is 3. The molecule has 6 heteroatoms. The molecule has 3 aromatic carbocycles. The first-order valence-corrected chi connectivity index (χ1v) is 7.74. The maximum absolute atomic E-state index is 10.4. The molecule has 0 radical (unpaired) electrons. The van der Waals surface area contributed by atoms with Crippen LogP contribution in [0.25, 0.3) is 31.2 Å². The number of anilines is 1. The average molecular weight is 328 g/mol. The smallest absolute Gasteiger partial charge is 0.145 e. The zero-order valence-corrected chi connectivity index (χ0v) is 12.8. The summed E-state index contributed by atoms with van der Waals surface area (Å²) in [5.74, 6) is -0.116. The number of phenols is 1. The number of rotatable bonds is 0. The number of fused-ring (bicyclic) bond motifs is 4. The van der Waals surface area contributed by atoms with Gasteiger partial charge in [0, 0.05) is 11.1 Å². The normalized spacial score (nSPS) is 11.5. The van der Waals surface area contributed by atoms with Gasteiger partial charge in [-0.25, -0.2) is 4.98 Å². The average Bonchev–Trinajstić information content (AvgIpc) is 2.53. The van der Waals surface area contributed by atoms with Crippen LogP contribution in [0.2, 0.25) is 5.02 Å². The van der Waals surface area contributed by atoms with E-state index in [0.29, 0.717) is 26.7 Å². The second-order valence-corrected chi connectivity index (χ2v) is 6.40. The highest BCUT2D eigenvalue weighted by Gasteiger charge is 2.17. The number of nitrogens with two attached hydrogens (primary N) is 1. The number of hydrogen-bond donors (Lipinski definition) is 3. The molecule has 0 aliphatic heterocycles. The molecule has 4 aromatic rings. The van der Waals surface area contributed by atoms with Gasteiger partial charge in [-0.15, -0.1) is 11.3 Å². The molecule has 0 bridgehead atoms. The van der Waals surface area contributed by atoms with Gasteiger partial charge in [-0.3, -0.25) is 0 Å². The summed E-state index contributed by atoms with van der Waals surface area (Å²) in [6, 6.07) is 10.9. The zero-order valence-electron chi connectivity index (χ0n) is 11.2. The number of aromatic nitrogens is 1. The van der Waals surface area contributed by atoms with Gasteiger partial charge in [-0.1, -0.05) is 23.7 Å². The van der Waals surface area contributed by atoms with Crippen LogP contribution < -0.4 is 11.1 Å². The standard InChI is InChI=1S/C16H10ClN3OS/c17-13-15(21)12-8(19)6-5-7(18)11(12)14-16(13)22-10-4-2-1-3-9(10)20-14/h1-6,19,21H,18H2. The van der Waals surface area contributed by atoms with Gasteiger partial charge in [0.15, 0.2) is 0 Å². The van der Waals surface area contributed by atoms with Crippen molar-refractivity contribution >= 4 is 59.8 Å². The molecule has 22 heavy (non-hydrogen) atoms. The van der Waals surface area contributed by atoms with E-state index >= 15 is 0 Å². The molecule has 0 aliphatic rings. The summed E-state index contributed by atoms with van der Waals surface area (Å²) in [7, 11) is 0. The molecule has 0 amide bonds. The summed E-state index contributed by atoms with van der Waals surface area (Å²) in [4.78, 5) is 4.66. The number of halogens is 1. The van der Waals surface area contributed by atoms with Gasteiger partial charge in [0.1, 0.15) is 10.8 Å². The van der Waals surface area contributed by atoms with Crippen LogP contribution in [0.4, 0.5) is 5.69 Å². The molecule has 4 N–H and O–H groups in total. The molecular formula is C16H10ClN3OS. The van der Waals surface area contributed by atoms with Gasteiger partial charge in [-0.05, 0) is 24.3 Å². The molecule has 4 nitrogen and oxygen atoms in total. The van der Waals surface area contributed by atoms with Gasteiger partial charge < -0.3 is 16.2 Å². The Bertz CT molecular complexity index is 1140. The second kappa shape index (κ2) is 4.56. The largest absolute Gasteiger partial charge is 0.506 e. The maximum atomic E-state index is 10.4. The van der Waals surface area contributed by atoms with E-state index in [1.807, 2.05) is 24.3 Å². The number of aromatic hydroxyl groups is 1. The van der Waals surface area contributed by atoms with E-state index in [-0.39, 0.29) is 16.1 Å². The van der Waals surface area contributed by atoms with Crippen molar-refractivity contribution in [3.05, 3.63) is 46.8 Å². The fourth-order valence-electron chi connectivity index (χ4n) is 2.62. The van der Waals surface area contributed by atoms with E-state index < -0.39 is 0 Å². The Morgan fingerprint density at radius 2 is 1.91 bits per heavy atom. The molecule has 0 saturated heterocycles. The van der Waals surface area contributed by atoms with Crippen molar-refractivity contribution in [1.29, 1.82) is 5.41 Å². The van der Waals surface area contributed by atoms with E-state index in [1.165, 1.54) is 11.3 Å². The van der Waals surface area contributed by atoms with Crippen molar-refractivity contribution in [2.45, 2.75) is 0 Å². The number of para-hydroxylation sites is 1. The Hall–Kier alpha value is -2.37. The van der Waals surface area contributed by atoms with Crippen LogP contribution in [0, 0.1) is 5.41 Å². The summed E-state index contributed by atoms with van der Waals surface area (Å²) in [6.45, 7) is 0. The van der Waals surface area contributed by atoms with Crippen LogP contribution in [0.1, 0.15) is 0 Å². The highest BCUT2D eigenvalue weighted by atomic mass is 35.5. The number of nitrogen functional groups attached to an aromatic ring is 1. The quantitative estimate of drug-likeness (QED) is 0.259. The van der Waals surface area contributed by atoms with Gasteiger partial charge in [-0.2, -0.15) is 0 Å². The fourth-order valence-corrected chi connectivity index (χ4v) is 3.94. The summed E-state index contributed by atoms with van der Waals surface area (Å²) >= 11 is 7.78. The Morgan fingerprint density at radius 1 is 1.14 bits per heavy atom. The first-order valence-electron chi connectivity index (χ1n) is 6.54. The lowest BCUT2D eigenvalue weighted by atomic mass is 10.1. The molecule has 0 atom stereocenters.